The van der Waals surface area contributed by atoms with Crippen molar-refractivity contribution in [2.45, 2.75) is 43.7 Å². The van der Waals surface area contributed by atoms with E-state index in [4.69, 9.17) is 4.74 Å². The van der Waals surface area contributed by atoms with Gasteiger partial charge in [0.1, 0.15) is 6.10 Å². The molecule has 3 N–H and O–H groups in total. The van der Waals surface area contributed by atoms with Gasteiger partial charge in [-0.2, -0.15) is 4.98 Å². The topological polar surface area (TPSA) is 134 Å². The number of rotatable bonds is 7. The highest BCUT2D eigenvalue weighted by Crippen LogP contribution is 2.33. The van der Waals surface area contributed by atoms with Crippen LogP contribution in [0.15, 0.2) is 53.4 Å². The number of carboxylic acids is 1. The molecule has 0 radical (unpaired) electrons. The maximum atomic E-state index is 13.2. The fourth-order valence-corrected chi connectivity index (χ4v) is 6.65. The highest BCUT2D eigenvalue weighted by atomic mass is 32.2. The molecule has 2 fully saturated rings. The van der Waals surface area contributed by atoms with Crippen molar-refractivity contribution in [1.82, 2.24) is 20.2 Å². The highest BCUT2D eigenvalue weighted by molar-refractivity contribution is 7.92. The van der Waals surface area contributed by atoms with Gasteiger partial charge in [0.25, 0.3) is 10.0 Å². The Morgan fingerprint density at radius 1 is 1.10 bits per heavy atom. The standard InChI is InChI=1S/C28H33N5O5S/c1-17-7-4-8-18(2)26(17)22-14-25(38-24-16-29-15-23-21(24)11-6-12-33(23)3)31-28(30-22)32-39(36,37)20-10-5-9-19(13-20)27(34)35/h4-5,7-10,13-14,21,23-24,29H,6,11-12,15-16H2,1-3H3,(H,34,35)(H,30,31,32). The number of carboxylic acid groups (broad SMARTS) is 1. The van der Waals surface area contributed by atoms with E-state index in [0.29, 0.717) is 24.2 Å². The number of nitrogens with one attached hydrogen (secondary N) is 2. The second-order valence-electron chi connectivity index (χ2n) is 10.3. The van der Waals surface area contributed by atoms with Gasteiger partial charge in [-0.1, -0.05) is 24.3 Å². The molecule has 3 aromatic rings. The zero-order valence-electron chi connectivity index (χ0n) is 22.2. The first kappa shape index (κ1) is 27.0. The van der Waals surface area contributed by atoms with Crippen molar-refractivity contribution in [3.63, 3.8) is 0 Å². The van der Waals surface area contributed by atoms with Crippen molar-refractivity contribution in [2.24, 2.45) is 5.92 Å². The molecule has 2 aliphatic heterocycles. The number of benzene rings is 2. The average molecular weight is 552 g/mol. The summed E-state index contributed by atoms with van der Waals surface area (Å²) in [5, 5.41) is 12.8. The Hall–Kier alpha value is -3.54. The Bertz CT molecular complexity index is 1480. The van der Waals surface area contributed by atoms with E-state index in [0.717, 1.165) is 48.7 Å². The second-order valence-corrected chi connectivity index (χ2v) is 12.0. The lowest BCUT2D eigenvalue weighted by Crippen LogP contribution is -2.60. The van der Waals surface area contributed by atoms with E-state index in [1.807, 2.05) is 32.0 Å². The Labute approximate surface area is 228 Å². The van der Waals surface area contributed by atoms with Crippen molar-refractivity contribution in [2.75, 3.05) is 31.4 Å². The summed E-state index contributed by atoms with van der Waals surface area (Å²) in [6, 6.07) is 13.2. The molecule has 0 amide bonds. The van der Waals surface area contributed by atoms with Crippen LogP contribution in [0.3, 0.4) is 0 Å². The van der Waals surface area contributed by atoms with Crippen LogP contribution in [0.4, 0.5) is 5.95 Å². The van der Waals surface area contributed by atoms with Gasteiger partial charge >= 0.3 is 5.97 Å². The summed E-state index contributed by atoms with van der Waals surface area (Å²) in [7, 11) is -2.04. The first-order valence-electron chi connectivity index (χ1n) is 13.0. The van der Waals surface area contributed by atoms with E-state index >= 15 is 0 Å². The SMILES string of the molecule is Cc1cccc(C)c1-c1cc(OC2CNCC3C2CCCN3C)nc(NS(=O)(=O)c2cccc(C(=O)O)c2)n1. The maximum Gasteiger partial charge on any atom is 0.335 e. The number of nitrogens with zero attached hydrogens (tertiary/aromatic N) is 3. The van der Waals surface area contributed by atoms with E-state index in [1.165, 1.54) is 18.2 Å². The van der Waals surface area contributed by atoms with E-state index in [1.54, 1.807) is 6.07 Å². The number of aromatic carboxylic acids is 1. The minimum absolute atomic E-state index is 0.135. The van der Waals surface area contributed by atoms with Gasteiger partial charge in [-0.25, -0.2) is 22.9 Å². The molecule has 5 rings (SSSR count). The first-order valence-corrected chi connectivity index (χ1v) is 14.5. The van der Waals surface area contributed by atoms with Gasteiger partial charge in [-0.15, -0.1) is 0 Å². The number of sulfonamides is 1. The number of piperidine rings is 2. The minimum Gasteiger partial charge on any atom is -0.478 e. The number of likely N-dealkylation sites (N-methyl/N-ethyl adjacent to an activating group) is 1. The molecule has 2 saturated heterocycles. The van der Waals surface area contributed by atoms with E-state index in [9.17, 15) is 18.3 Å². The van der Waals surface area contributed by atoms with Gasteiger partial charge < -0.3 is 20.1 Å². The molecule has 39 heavy (non-hydrogen) atoms. The summed E-state index contributed by atoms with van der Waals surface area (Å²) < 4.78 is 35.4. The summed E-state index contributed by atoms with van der Waals surface area (Å²) in [5.41, 5.74) is 3.24. The lowest BCUT2D eigenvalue weighted by molar-refractivity contribution is 0.00518. The highest BCUT2D eigenvalue weighted by Gasteiger charge is 2.39. The summed E-state index contributed by atoms with van der Waals surface area (Å²) >= 11 is 0. The van der Waals surface area contributed by atoms with Gasteiger partial charge in [0.05, 0.1) is 16.2 Å². The van der Waals surface area contributed by atoms with Gasteiger partial charge in [0.2, 0.25) is 11.8 Å². The molecule has 3 unspecified atom stereocenters. The summed E-state index contributed by atoms with van der Waals surface area (Å²) in [6.07, 6.45) is 2.01. The number of hydrogen-bond donors (Lipinski definition) is 3. The van der Waals surface area contributed by atoms with Crippen molar-refractivity contribution in [3.05, 3.63) is 65.2 Å². The smallest absolute Gasteiger partial charge is 0.335 e. The van der Waals surface area contributed by atoms with Crippen LogP contribution in [0.2, 0.25) is 0 Å². The van der Waals surface area contributed by atoms with Crippen LogP contribution in [-0.4, -0.2) is 73.2 Å². The fraction of sp³-hybridized carbons (Fsp3) is 0.393. The van der Waals surface area contributed by atoms with Gasteiger partial charge in [-0.3, -0.25) is 0 Å². The molecule has 206 valence electrons. The molecule has 3 atom stereocenters. The Morgan fingerprint density at radius 2 is 1.85 bits per heavy atom. The molecule has 0 bridgehead atoms. The van der Waals surface area contributed by atoms with Crippen molar-refractivity contribution in [1.29, 1.82) is 0 Å². The number of carbonyl (C=O) groups is 1. The molecule has 11 heteroatoms. The predicted molar refractivity (Wildman–Crippen MR) is 148 cm³/mol. The van der Waals surface area contributed by atoms with Crippen LogP contribution in [0.1, 0.15) is 34.3 Å². The van der Waals surface area contributed by atoms with Crippen molar-refractivity contribution >= 4 is 21.9 Å². The molecule has 0 saturated carbocycles. The molecule has 2 aromatic carbocycles. The summed E-state index contributed by atoms with van der Waals surface area (Å²) in [4.78, 5) is 22.6. The second kappa shape index (κ2) is 10.9. The van der Waals surface area contributed by atoms with E-state index in [-0.39, 0.29) is 28.4 Å². The number of ether oxygens (including phenoxy) is 1. The maximum absolute atomic E-state index is 13.2. The largest absolute Gasteiger partial charge is 0.478 e. The monoisotopic (exact) mass is 551 g/mol. The van der Waals surface area contributed by atoms with Gasteiger partial charge in [0.15, 0.2) is 0 Å². The lowest BCUT2D eigenvalue weighted by atomic mass is 9.82. The number of likely N-dealkylation sites (tertiary alicyclic amines) is 1. The van der Waals surface area contributed by atoms with Crippen LogP contribution >= 0.6 is 0 Å². The third-order valence-corrected chi connectivity index (χ3v) is 8.94. The molecule has 1 aromatic heterocycles. The van der Waals surface area contributed by atoms with Crippen molar-refractivity contribution < 1.29 is 23.1 Å². The number of anilines is 1. The third-order valence-electron chi connectivity index (χ3n) is 7.61. The first-order chi connectivity index (χ1) is 18.6. The quantitative estimate of drug-likeness (QED) is 0.404. The van der Waals surface area contributed by atoms with Crippen molar-refractivity contribution in [3.8, 4) is 17.1 Å². The Kier molecular flexibility index (Phi) is 7.57. The Balaban J connectivity index is 1.53. The molecule has 3 heterocycles. The van der Waals surface area contributed by atoms with E-state index < -0.39 is 16.0 Å². The zero-order chi connectivity index (χ0) is 27.7. The van der Waals surface area contributed by atoms with Crippen LogP contribution in [-0.2, 0) is 10.0 Å². The van der Waals surface area contributed by atoms with Crippen LogP contribution in [0, 0.1) is 19.8 Å². The summed E-state index contributed by atoms with van der Waals surface area (Å²) in [6.45, 7) is 6.56. The molecule has 2 aliphatic rings. The van der Waals surface area contributed by atoms with Gasteiger partial charge in [0, 0.05) is 36.7 Å². The zero-order valence-corrected chi connectivity index (χ0v) is 23.0. The fourth-order valence-electron chi connectivity index (χ4n) is 5.66. The number of hydrogen-bond acceptors (Lipinski definition) is 8. The lowest BCUT2D eigenvalue weighted by Gasteiger charge is -2.46. The molecular formula is C28H33N5O5S. The van der Waals surface area contributed by atoms with Gasteiger partial charge in [-0.05, 0) is 69.6 Å². The van der Waals surface area contributed by atoms with Crippen LogP contribution < -0.4 is 14.8 Å². The number of aromatic nitrogens is 2. The molecule has 0 spiro atoms. The third kappa shape index (κ3) is 5.75. The average Bonchev–Trinajstić information content (AvgIpc) is 2.89. The summed E-state index contributed by atoms with van der Waals surface area (Å²) in [5.74, 6) is -0.765. The van der Waals surface area contributed by atoms with E-state index in [2.05, 4.69) is 32.0 Å². The van der Waals surface area contributed by atoms with Crippen LogP contribution in [0.5, 0.6) is 5.88 Å². The minimum atomic E-state index is -4.18. The normalized spacial score (nSPS) is 21.7. The molecular weight excluding hydrogens is 518 g/mol. The molecule has 10 nitrogen and oxygen atoms in total. The van der Waals surface area contributed by atoms with Crippen LogP contribution in [0.25, 0.3) is 11.3 Å². The number of aryl methyl sites for hydroxylation is 2. The number of fused-ring (bicyclic) bond motifs is 1. The Morgan fingerprint density at radius 3 is 2.59 bits per heavy atom. The predicted octanol–water partition coefficient (Wildman–Crippen LogP) is 3.32. The molecule has 0 aliphatic carbocycles.